The molecular weight excluding hydrogens is 298 g/mol. The molecule has 1 aliphatic heterocycles. The van der Waals surface area contributed by atoms with Crippen molar-refractivity contribution in [3.8, 4) is 5.75 Å². The van der Waals surface area contributed by atoms with Gasteiger partial charge in [0.2, 0.25) is 0 Å². The summed E-state index contributed by atoms with van der Waals surface area (Å²) in [6, 6.07) is 7.28. The number of aliphatic hydroxyl groups is 1. The first kappa shape index (κ1) is 19.3. The van der Waals surface area contributed by atoms with Crippen LogP contribution >= 0.6 is 12.4 Å². The molecule has 3 atom stereocenters. The van der Waals surface area contributed by atoms with E-state index in [0.29, 0.717) is 25.2 Å². The highest BCUT2D eigenvalue weighted by Gasteiger charge is 2.26. The number of aliphatic hydroxyl groups excluding tert-OH is 1. The molecule has 0 amide bonds. The maximum Gasteiger partial charge on any atom is 0.119 e. The zero-order chi connectivity index (χ0) is 15.4. The van der Waals surface area contributed by atoms with Crippen LogP contribution in [-0.2, 0) is 0 Å². The fourth-order valence-electron chi connectivity index (χ4n) is 3.34. The lowest BCUT2D eigenvalue weighted by Crippen LogP contribution is -2.48. The summed E-state index contributed by atoms with van der Waals surface area (Å²) in [6.07, 6.45) is 3.33. The predicted octanol–water partition coefficient (Wildman–Crippen LogP) is 3.73. The Labute approximate surface area is 141 Å². The van der Waals surface area contributed by atoms with Crippen molar-refractivity contribution in [2.24, 2.45) is 0 Å². The fraction of sp³-hybridized carbons (Fsp3) is 0.667. The van der Waals surface area contributed by atoms with Crippen LogP contribution < -0.4 is 4.74 Å². The molecule has 1 aromatic rings. The lowest BCUT2D eigenvalue weighted by atomic mass is 9.97. The van der Waals surface area contributed by atoms with Crippen molar-refractivity contribution in [3.63, 3.8) is 0 Å². The van der Waals surface area contributed by atoms with Gasteiger partial charge in [0.15, 0.2) is 0 Å². The van der Waals surface area contributed by atoms with Gasteiger partial charge < -0.3 is 9.84 Å². The highest BCUT2D eigenvalue weighted by molar-refractivity contribution is 5.85. The monoisotopic (exact) mass is 327 g/mol. The summed E-state index contributed by atoms with van der Waals surface area (Å²) in [5.41, 5.74) is 2.38. The Balaban J connectivity index is 0.00000242. The quantitative estimate of drug-likeness (QED) is 0.894. The normalized spacial score (nSPS) is 23.7. The molecule has 22 heavy (non-hydrogen) atoms. The summed E-state index contributed by atoms with van der Waals surface area (Å²) < 4.78 is 5.76. The van der Waals surface area contributed by atoms with Crippen molar-refractivity contribution in [1.29, 1.82) is 0 Å². The molecule has 1 heterocycles. The van der Waals surface area contributed by atoms with Gasteiger partial charge in [-0.15, -0.1) is 12.4 Å². The molecule has 4 heteroatoms. The number of piperidine rings is 1. The number of likely N-dealkylation sites (tertiary alicyclic amines) is 1. The molecule has 1 fully saturated rings. The Bertz CT molecular complexity index is 436. The van der Waals surface area contributed by atoms with E-state index in [2.05, 4.69) is 38.7 Å². The van der Waals surface area contributed by atoms with E-state index < -0.39 is 6.10 Å². The lowest BCUT2D eigenvalue weighted by molar-refractivity contribution is 0.0208. The molecule has 3 nitrogen and oxygen atoms in total. The number of aryl methyl sites for hydroxylation is 2. The van der Waals surface area contributed by atoms with Crippen LogP contribution in [0.5, 0.6) is 5.75 Å². The van der Waals surface area contributed by atoms with Crippen LogP contribution in [0, 0.1) is 13.8 Å². The van der Waals surface area contributed by atoms with E-state index in [1.807, 2.05) is 12.1 Å². The summed E-state index contributed by atoms with van der Waals surface area (Å²) in [4.78, 5) is 2.42. The van der Waals surface area contributed by atoms with Crippen molar-refractivity contribution >= 4 is 12.4 Å². The molecule has 1 aliphatic rings. The van der Waals surface area contributed by atoms with Crippen LogP contribution in [0.4, 0.5) is 0 Å². The third-order valence-electron chi connectivity index (χ3n) is 4.44. The minimum Gasteiger partial charge on any atom is -0.491 e. The van der Waals surface area contributed by atoms with Crippen molar-refractivity contribution in [2.75, 3.05) is 13.2 Å². The highest BCUT2D eigenvalue weighted by atomic mass is 35.5. The van der Waals surface area contributed by atoms with Gasteiger partial charge in [-0.3, -0.25) is 4.90 Å². The van der Waals surface area contributed by atoms with Gasteiger partial charge >= 0.3 is 0 Å². The van der Waals surface area contributed by atoms with Gasteiger partial charge in [-0.2, -0.15) is 0 Å². The van der Waals surface area contributed by atoms with Gasteiger partial charge in [0, 0.05) is 18.6 Å². The maximum atomic E-state index is 10.3. The number of nitrogens with zero attached hydrogens (tertiary/aromatic N) is 1. The molecule has 0 radical (unpaired) electrons. The predicted molar refractivity (Wildman–Crippen MR) is 94.1 cm³/mol. The molecular formula is C18H30ClNO2. The fourth-order valence-corrected chi connectivity index (χ4v) is 3.34. The van der Waals surface area contributed by atoms with Crippen molar-refractivity contribution in [1.82, 2.24) is 4.90 Å². The summed E-state index contributed by atoms with van der Waals surface area (Å²) in [5, 5.41) is 10.3. The Hall–Kier alpha value is -0.770. The topological polar surface area (TPSA) is 32.7 Å². The molecule has 1 saturated heterocycles. The second-order valence-electron chi connectivity index (χ2n) is 6.61. The lowest BCUT2D eigenvalue weighted by Gasteiger charge is -2.40. The van der Waals surface area contributed by atoms with E-state index in [-0.39, 0.29) is 12.4 Å². The largest absolute Gasteiger partial charge is 0.491 e. The highest BCUT2D eigenvalue weighted by Crippen LogP contribution is 2.23. The zero-order valence-electron chi connectivity index (χ0n) is 14.2. The van der Waals surface area contributed by atoms with Crippen molar-refractivity contribution < 1.29 is 9.84 Å². The second-order valence-corrected chi connectivity index (χ2v) is 6.61. The summed E-state index contributed by atoms with van der Waals surface area (Å²) in [5.74, 6) is 0.853. The summed E-state index contributed by atoms with van der Waals surface area (Å²) in [7, 11) is 0. The average Bonchev–Trinajstić information content (AvgIpc) is 2.40. The first-order valence-corrected chi connectivity index (χ1v) is 8.10. The van der Waals surface area contributed by atoms with Gasteiger partial charge in [0.05, 0.1) is 0 Å². The molecule has 2 rings (SSSR count). The van der Waals surface area contributed by atoms with Crippen LogP contribution in [0.25, 0.3) is 0 Å². The Morgan fingerprint density at radius 3 is 2.23 bits per heavy atom. The maximum absolute atomic E-state index is 10.3. The Morgan fingerprint density at radius 2 is 1.68 bits per heavy atom. The molecule has 0 spiro atoms. The number of ether oxygens (including phenoxy) is 1. The number of rotatable bonds is 5. The van der Waals surface area contributed by atoms with Crippen LogP contribution in [0.1, 0.15) is 44.2 Å². The molecule has 3 unspecified atom stereocenters. The number of hydrogen-bond donors (Lipinski definition) is 1. The SMILES string of the molecule is Cc1cc(C)cc(OCC(O)CN2C(C)CCCC2C)c1.Cl. The number of benzene rings is 1. The van der Waals surface area contributed by atoms with Crippen LogP contribution in [0.15, 0.2) is 18.2 Å². The minimum atomic E-state index is -0.436. The van der Waals surface area contributed by atoms with E-state index in [4.69, 9.17) is 4.74 Å². The second kappa shape index (κ2) is 8.76. The number of hydrogen-bond acceptors (Lipinski definition) is 3. The zero-order valence-corrected chi connectivity index (χ0v) is 15.0. The third-order valence-corrected chi connectivity index (χ3v) is 4.44. The Kier molecular flexibility index (Phi) is 7.67. The standard InChI is InChI=1S/C18H29NO2.ClH/c1-13-8-14(2)10-18(9-13)21-12-17(20)11-19-15(3)6-5-7-16(19)4;/h8-10,15-17,20H,5-7,11-12H2,1-4H3;1H. The molecule has 0 saturated carbocycles. The van der Waals surface area contributed by atoms with E-state index in [1.165, 1.54) is 30.4 Å². The third kappa shape index (κ3) is 5.45. The summed E-state index contributed by atoms with van der Waals surface area (Å²) >= 11 is 0. The van der Waals surface area contributed by atoms with Crippen molar-refractivity contribution in [2.45, 2.75) is 65.1 Å². The minimum absolute atomic E-state index is 0. The van der Waals surface area contributed by atoms with E-state index in [9.17, 15) is 5.11 Å². The molecule has 0 bridgehead atoms. The molecule has 0 aliphatic carbocycles. The van der Waals surface area contributed by atoms with E-state index >= 15 is 0 Å². The molecule has 1 aromatic carbocycles. The first-order chi connectivity index (χ1) is 9.95. The van der Waals surface area contributed by atoms with Crippen LogP contribution in [-0.4, -0.2) is 41.3 Å². The first-order valence-electron chi connectivity index (χ1n) is 8.10. The Morgan fingerprint density at radius 1 is 1.14 bits per heavy atom. The van der Waals surface area contributed by atoms with Gasteiger partial charge in [-0.25, -0.2) is 0 Å². The molecule has 0 aromatic heterocycles. The van der Waals surface area contributed by atoms with Gasteiger partial charge in [0.25, 0.3) is 0 Å². The number of β-amino-alcohol motifs (C(OH)–C–C–N with tert-alkyl or cyclic N) is 1. The van der Waals surface area contributed by atoms with Crippen molar-refractivity contribution in [3.05, 3.63) is 29.3 Å². The van der Waals surface area contributed by atoms with Gasteiger partial charge in [-0.05, 0) is 63.8 Å². The van der Waals surface area contributed by atoms with Crippen LogP contribution in [0.2, 0.25) is 0 Å². The average molecular weight is 328 g/mol. The van der Waals surface area contributed by atoms with Gasteiger partial charge in [0.1, 0.15) is 18.5 Å². The molecule has 1 N–H and O–H groups in total. The number of halogens is 1. The van der Waals surface area contributed by atoms with Crippen LogP contribution in [0.3, 0.4) is 0 Å². The van der Waals surface area contributed by atoms with E-state index in [0.717, 1.165) is 5.75 Å². The van der Waals surface area contributed by atoms with E-state index in [1.54, 1.807) is 0 Å². The van der Waals surface area contributed by atoms with Gasteiger partial charge in [-0.1, -0.05) is 12.5 Å². The summed E-state index contributed by atoms with van der Waals surface area (Å²) in [6.45, 7) is 9.70. The smallest absolute Gasteiger partial charge is 0.119 e. The molecule has 126 valence electrons.